The van der Waals surface area contributed by atoms with Gasteiger partial charge in [0, 0.05) is 12.1 Å². The fraction of sp³-hybridized carbons (Fsp3) is 0.615. The third kappa shape index (κ3) is 3.62. The fourth-order valence-electron chi connectivity index (χ4n) is 2.74. The van der Waals surface area contributed by atoms with Crippen LogP contribution in [-0.2, 0) is 14.8 Å². The molecule has 9 heteroatoms. The highest BCUT2D eigenvalue weighted by atomic mass is 35.5. The number of carbonyl (C=O) groups is 1. The van der Waals surface area contributed by atoms with Crippen molar-refractivity contribution in [1.82, 2.24) is 4.72 Å². The minimum absolute atomic E-state index is 0. The fourth-order valence-corrected chi connectivity index (χ4v) is 5.91. The van der Waals surface area contributed by atoms with E-state index in [1.54, 1.807) is 12.3 Å². The molecular formula is C13H21ClN2O4S2. The second-order valence-electron chi connectivity index (χ2n) is 5.37. The van der Waals surface area contributed by atoms with Gasteiger partial charge < -0.3 is 10.5 Å². The lowest BCUT2D eigenvalue weighted by Gasteiger charge is -2.28. The van der Waals surface area contributed by atoms with Crippen LogP contribution in [-0.4, -0.2) is 33.6 Å². The van der Waals surface area contributed by atoms with Crippen molar-refractivity contribution in [3.63, 3.8) is 0 Å². The number of aryl methyl sites for hydroxylation is 1. The Bertz CT molecular complexity index is 636. The Hall–Kier alpha value is -0.670. The third-order valence-corrected chi connectivity index (χ3v) is 6.83. The molecular weight excluding hydrogens is 348 g/mol. The number of ether oxygens (including phenoxy) is 1. The molecule has 3 N–H and O–H groups in total. The van der Waals surface area contributed by atoms with Crippen molar-refractivity contribution in [1.29, 1.82) is 0 Å². The van der Waals surface area contributed by atoms with Crippen LogP contribution in [0.3, 0.4) is 0 Å². The summed E-state index contributed by atoms with van der Waals surface area (Å²) in [5.74, 6) is -0.637. The van der Waals surface area contributed by atoms with Gasteiger partial charge >= 0.3 is 5.97 Å². The van der Waals surface area contributed by atoms with Crippen LogP contribution in [0.1, 0.15) is 40.9 Å². The molecule has 0 unspecified atom stereocenters. The lowest BCUT2D eigenvalue weighted by molar-refractivity contribution is 0.0602. The summed E-state index contributed by atoms with van der Waals surface area (Å²) in [6, 6.07) is 0. The molecule has 1 fully saturated rings. The molecule has 1 aromatic rings. The maximum absolute atomic E-state index is 12.7. The maximum Gasteiger partial charge on any atom is 0.349 e. The van der Waals surface area contributed by atoms with E-state index in [-0.39, 0.29) is 28.7 Å². The second kappa shape index (κ2) is 7.27. The Labute approximate surface area is 140 Å². The van der Waals surface area contributed by atoms with Crippen molar-refractivity contribution in [3.8, 4) is 0 Å². The molecule has 0 aliphatic heterocycles. The first-order chi connectivity index (χ1) is 9.85. The Morgan fingerprint density at radius 1 is 1.45 bits per heavy atom. The van der Waals surface area contributed by atoms with Crippen LogP contribution in [0.25, 0.3) is 0 Å². The van der Waals surface area contributed by atoms with Gasteiger partial charge in [0.15, 0.2) is 0 Å². The van der Waals surface area contributed by atoms with Crippen LogP contribution in [0.2, 0.25) is 0 Å². The SMILES string of the molecule is COC(=O)c1scc(C)c1S(=O)(=O)NC1(CN)CCCC1.Cl. The van der Waals surface area contributed by atoms with E-state index >= 15 is 0 Å². The molecule has 1 heterocycles. The van der Waals surface area contributed by atoms with Gasteiger partial charge in [-0.25, -0.2) is 17.9 Å². The summed E-state index contributed by atoms with van der Waals surface area (Å²) >= 11 is 1.08. The summed E-state index contributed by atoms with van der Waals surface area (Å²) in [6.07, 6.45) is 3.34. The van der Waals surface area contributed by atoms with E-state index in [0.717, 1.165) is 37.0 Å². The van der Waals surface area contributed by atoms with Gasteiger partial charge in [-0.05, 0) is 30.7 Å². The number of rotatable bonds is 5. The van der Waals surface area contributed by atoms with E-state index in [2.05, 4.69) is 9.46 Å². The Morgan fingerprint density at radius 3 is 2.55 bits per heavy atom. The Morgan fingerprint density at radius 2 is 2.05 bits per heavy atom. The topological polar surface area (TPSA) is 98.5 Å². The number of thiophene rings is 1. The minimum atomic E-state index is -3.81. The van der Waals surface area contributed by atoms with Crippen LogP contribution >= 0.6 is 23.7 Å². The van der Waals surface area contributed by atoms with Crippen molar-refractivity contribution in [2.45, 2.75) is 43.0 Å². The molecule has 0 saturated heterocycles. The van der Waals surface area contributed by atoms with E-state index in [9.17, 15) is 13.2 Å². The molecule has 22 heavy (non-hydrogen) atoms. The van der Waals surface area contributed by atoms with E-state index in [4.69, 9.17) is 5.73 Å². The van der Waals surface area contributed by atoms with Gasteiger partial charge in [0.2, 0.25) is 10.0 Å². The number of nitrogens with one attached hydrogen (secondary N) is 1. The number of halogens is 1. The highest BCUT2D eigenvalue weighted by Gasteiger charge is 2.39. The predicted octanol–water partition coefficient (Wildman–Crippen LogP) is 1.81. The smallest absolute Gasteiger partial charge is 0.349 e. The lowest BCUT2D eigenvalue weighted by Crippen LogP contribution is -2.51. The normalized spacial score (nSPS) is 17.0. The highest BCUT2D eigenvalue weighted by molar-refractivity contribution is 7.89. The molecule has 6 nitrogen and oxygen atoms in total. The molecule has 1 aliphatic rings. The van der Waals surface area contributed by atoms with Crippen LogP contribution in [0.4, 0.5) is 0 Å². The van der Waals surface area contributed by atoms with E-state index in [1.807, 2.05) is 0 Å². The zero-order valence-corrected chi connectivity index (χ0v) is 15.0. The van der Waals surface area contributed by atoms with Gasteiger partial charge in [-0.1, -0.05) is 12.8 Å². The molecule has 1 aromatic heterocycles. The molecule has 126 valence electrons. The molecule has 0 bridgehead atoms. The van der Waals surface area contributed by atoms with E-state index in [0.29, 0.717) is 5.56 Å². The van der Waals surface area contributed by atoms with Crippen molar-refractivity contribution in [3.05, 3.63) is 15.8 Å². The average molecular weight is 369 g/mol. The van der Waals surface area contributed by atoms with Crippen molar-refractivity contribution < 1.29 is 17.9 Å². The molecule has 1 aliphatic carbocycles. The van der Waals surface area contributed by atoms with Gasteiger partial charge in [0.25, 0.3) is 0 Å². The molecule has 0 amide bonds. The molecule has 1 saturated carbocycles. The van der Waals surface area contributed by atoms with E-state index in [1.165, 1.54) is 7.11 Å². The number of carbonyl (C=O) groups excluding carboxylic acids is 1. The van der Waals surface area contributed by atoms with Gasteiger partial charge in [0.05, 0.1) is 7.11 Å². The average Bonchev–Trinajstić information content (AvgIpc) is 3.05. The Balaban J connectivity index is 0.00000242. The standard InChI is InChI=1S/C13H20N2O4S2.ClH/c1-9-7-20-10(12(16)19-2)11(9)21(17,18)15-13(8-14)5-3-4-6-13;/h7,15H,3-6,8,14H2,1-2H3;1H. The summed E-state index contributed by atoms with van der Waals surface area (Å²) < 4.78 is 32.8. The van der Waals surface area contributed by atoms with Crippen LogP contribution in [0, 0.1) is 6.92 Å². The lowest BCUT2D eigenvalue weighted by atomic mass is 10.0. The number of sulfonamides is 1. The molecule has 0 atom stereocenters. The molecule has 0 radical (unpaired) electrons. The first kappa shape index (κ1) is 19.4. The number of hydrogen-bond acceptors (Lipinski definition) is 6. The van der Waals surface area contributed by atoms with Gasteiger partial charge in [0.1, 0.15) is 9.77 Å². The van der Waals surface area contributed by atoms with Gasteiger partial charge in [-0.15, -0.1) is 23.7 Å². The first-order valence-corrected chi connectivity index (χ1v) is 9.12. The number of hydrogen-bond donors (Lipinski definition) is 2. The van der Waals surface area contributed by atoms with Gasteiger partial charge in [-0.3, -0.25) is 0 Å². The largest absolute Gasteiger partial charge is 0.465 e. The summed E-state index contributed by atoms with van der Waals surface area (Å²) in [5.41, 5.74) is 5.72. The van der Waals surface area contributed by atoms with Crippen molar-refractivity contribution in [2.75, 3.05) is 13.7 Å². The highest BCUT2D eigenvalue weighted by Crippen LogP contribution is 2.33. The van der Waals surface area contributed by atoms with E-state index < -0.39 is 21.5 Å². The Kier molecular flexibility index (Phi) is 6.40. The zero-order valence-electron chi connectivity index (χ0n) is 12.5. The maximum atomic E-state index is 12.7. The summed E-state index contributed by atoms with van der Waals surface area (Å²) in [4.78, 5) is 11.9. The number of methoxy groups -OCH3 is 1. The number of nitrogens with two attached hydrogens (primary N) is 1. The van der Waals surface area contributed by atoms with Crippen LogP contribution in [0.15, 0.2) is 10.3 Å². The van der Waals surface area contributed by atoms with Crippen molar-refractivity contribution in [2.24, 2.45) is 5.73 Å². The van der Waals surface area contributed by atoms with Crippen LogP contribution < -0.4 is 10.5 Å². The summed E-state index contributed by atoms with van der Waals surface area (Å²) in [5, 5.41) is 1.64. The number of esters is 1. The van der Waals surface area contributed by atoms with Crippen LogP contribution in [0.5, 0.6) is 0 Å². The van der Waals surface area contributed by atoms with Gasteiger partial charge in [-0.2, -0.15) is 0 Å². The molecule has 2 rings (SSSR count). The quantitative estimate of drug-likeness (QED) is 0.772. The first-order valence-electron chi connectivity index (χ1n) is 6.76. The second-order valence-corrected chi connectivity index (χ2v) is 7.86. The monoisotopic (exact) mass is 368 g/mol. The predicted molar refractivity (Wildman–Crippen MR) is 88.2 cm³/mol. The molecule has 0 spiro atoms. The summed E-state index contributed by atoms with van der Waals surface area (Å²) in [6.45, 7) is 1.92. The third-order valence-electron chi connectivity index (χ3n) is 3.86. The molecule has 0 aromatic carbocycles. The zero-order chi connectivity index (χ0) is 15.7. The minimum Gasteiger partial charge on any atom is -0.465 e. The summed E-state index contributed by atoms with van der Waals surface area (Å²) in [7, 11) is -2.57. The van der Waals surface area contributed by atoms with Crippen molar-refractivity contribution >= 4 is 39.7 Å².